The van der Waals surface area contributed by atoms with Crippen LogP contribution in [0.25, 0.3) is 11.0 Å². The van der Waals surface area contributed by atoms with Gasteiger partial charge in [0.1, 0.15) is 5.82 Å². The molecule has 2 aromatic heterocycles. The number of esters is 1. The summed E-state index contributed by atoms with van der Waals surface area (Å²) in [7, 11) is 0. The fourth-order valence-electron chi connectivity index (χ4n) is 3.09. The van der Waals surface area contributed by atoms with E-state index in [0.717, 1.165) is 5.69 Å². The number of carbonyl (C=O) groups is 2. The van der Waals surface area contributed by atoms with E-state index in [-0.39, 0.29) is 24.3 Å². The minimum Gasteiger partial charge on any atom is -0.452 e. The van der Waals surface area contributed by atoms with Crippen LogP contribution in [0.3, 0.4) is 0 Å². The van der Waals surface area contributed by atoms with Crippen LogP contribution in [0.15, 0.2) is 30.5 Å². The van der Waals surface area contributed by atoms with Gasteiger partial charge < -0.3 is 10.1 Å². The summed E-state index contributed by atoms with van der Waals surface area (Å²) in [5.41, 5.74) is 2.84. The highest BCUT2D eigenvalue weighted by molar-refractivity contribution is 6.03. The van der Waals surface area contributed by atoms with Crippen LogP contribution in [0.2, 0.25) is 0 Å². The largest absolute Gasteiger partial charge is 0.452 e. The number of fused-ring (bicyclic) bond motifs is 1. The number of hydrogen-bond acceptors (Lipinski definition) is 5. The number of aromatic nitrogens is 3. The predicted molar refractivity (Wildman–Crippen MR) is 115 cm³/mol. The zero-order valence-electron chi connectivity index (χ0n) is 18.4. The van der Waals surface area contributed by atoms with Crippen molar-refractivity contribution in [3.8, 4) is 0 Å². The van der Waals surface area contributed by atoms with Gasteiger partial charge in [-0.15, -0.1) is 0 Å². The van der Waals surface area contributed by atoms with Crippen LogP contribution in [0.5, 0.6) is 0 Å². The van der Waals surface area contributed by atoms with E-state index in [1.807, 2.05) is 27.7 Å². The predicted octanol–water partition coefficient (Wildman–Crippen LogP) is 4.06. The summed E-state index contributed by atoms with van der Waals surface area (Å²) >= 11 is 0. The van der Waals surface area contributed by atoms with Crippen molar-refractivity contribution in [2.24, 2.45) is 0 Å². The summed E-state index contributed by atoms with van der Waals surface area (Å²) in [5, 5.41) is 7.56. The van der Waals surface area contributed by atoms with Crippen molar-refractivity contribution in [1.82, 2.24) is 20.1 Å². The molecule has 3 aromatic rings. The van der Waals surface area contributed by atoms with E-state index in [9.17, 15) is 14.0 Å². The zero-order chi connectivity index (χ0) is 22.7. The van der Waals surface area contributed by atoms with Crippen molar-refractivity contribution in [1.29, 1.82) is 0 Å². The molecule has 1 amide bonds. The quantitative estimate of drug-likeness (QED) is 0.576. The molecule has 0 fully saturated rings. The number of hydrogen-bond donors (Lipinski definition) is 1. The monoisotopic (exact) mass is 426 g/mol. The number of halogens is 1. The number of benzene rings is 1. The first-order chi connectivity index (χ1) is 14.7. The number of rotatable bonds is 7. The molecule has 0 unspecified atom stereocenters. The van der Waals surface area contributed by atoms with Gasteiger partial charge in [0.05, 0.1) is 17.1 Å². The molecule has 0 radical (unpaired) electrons. The molecule has 0 aliphatic rings. The lowest BCUT2D eigenvalue weighted by atomic mass is 10.1. The second-order valence-electron chi connectivity index (χ2n) is 8.11. The van der Waals surface area contributed by atoms with Gasteiger partial charge in [-0.2, -0.15) is 5.10 Å². The van der Waals surface area contributed by atoms with E-state index < -0.39 is 18.5 Å². The standard InChI is InChI=1S/C23H27FN4O3/c1-13(2)20-9-17(18-11-26-28(14(3)4)22(18)27-20)23(30)31-12-21(29)25-10-16-7-6-15(5)19(24)8-16/h6-9,11,13-14H,10,12H2,1-5H3,(H,25,29). The van der Waals surface area contributed by atoms with Gasteiger partial charge in [0.25, 0.3) is 5.91 Å². The molecule has 2 heterocycles. The molecule has 7 nitrogen and oxygen atoms in total. The second kappa shape index (κ2) is 9.24. The first-order valence-corrected chi connectivity index (χ1v) is 10.2. The van der Waals surface area contributed by atoms with Crippen LogP contribution >= 0.6 is 0 Å². The number of ether oxygens (including phenoxy) is 1. The summed E-state index contributed by atoms with van der Waals surface area (Å²) in [6, 6.07) is 6.52. The van der Waals surface area contributed by atoms with Crippen LogP contribution in [0.4, 0.5) is 4.39 Å². The van der Waals surface area contributed by atoms with E-state index >= 15 is 0 Å². The summed E-state index contributed by atoms with van der Waals surface area (Å²) in [6.45, 7) is 9.32. The first-order valence-electron chi connectivity index (χ1n) is 10.2. The molecule has 164 valence electrons. The number of carbonyl (C=O) groups excluding carboxylic acids is 2. The van der Waals surface area contributed by atoms with Gasteiger partial charge in [-0.3, -0.25) is 4.79 Å². The van der Waals surface area contributed by atoms with Crippen molar-refractivity contribution in [2.45, 2.75) is 53.1 Å². The normalized spacial score (nSPS) is 11.4. The average molecular weight is 426 g/mol. The zero-order valence-corrected chi connectivity index (χ0v) is 18.4. The molecule has 0 spiro atoms. The maximum absolute atomic E-state index is 13.6. The Labute approximate surface area is 180 Å². The van der Waals surface area contributed by atoms with Gasteiger partial charge in [-0.05, 0) is 49.9 Å². The van der Waals surface area contributed by atoms with Gasteiger partial charge >= 0.3 is 5.97 Å². The lowest BCUT2D eigenvalue weighted by Crippen LogP contribution is -2.28. The molecule has 31 heavy (non-hydrogen) atoms. The fourth-order valence-corrected chi connectivity index (χ4v) is 3.09. The third-order valence-corrected chi connectivity index (χ3v) is 4.95. The highest BCUT2D eigenvalue weighted by atomic mass is 19.1. The van der Waals surface area contributed by atoms with Crippen LogP contribution in [0.1, 0.15) is 66.8 Å². The smallest absolute Gasteiger partial charge is 0.339 e. The second-order valence-corrected chi connectivity index (χ2v) is 8.11. The Morgan fingerprint density at radius 3 is 2.58 bits per heavy atom. The van der Waals surface area contributed by atoms with Crippen LogP contribution in [-0.4, -0.2) is 33.2 Å². The third kappa shape index (κ3) is 5.07. The minimum atomic E-state index is -0.617. The van der Waals surface area contributed by atoms with Gasteiger partial charge in [0, 0.05) is 18.3 Å². The van der Waals surface area contributed by atoms with Crippen LogP contribution in [0, 0.1) is 12.7 Å². The molecule has 0 aliphatic heterocycles. The molecule has 8 heteroatoms. The Bertz CT molecular complexity index is 1120. The van der Waals surface area contributed by atoms with E-state index in [2.05, 4.69) is 15.4 Å². The Kier molecular flexibility index (Phi) is 6.68. The number of amides is 1. The van der Waals surface area contributed by atoms with Gasteiger partial charge in [-0.25, -0.2) is 18.9 Å². The maximum Gasteiger partial charge on any atom is 0.339 e. The summed E-state index contributed by atoms with van der Waals surface area (Å²) in [5.74, 6) is -1.32. The first kappa shape index (κ1) is 22.4. The lowest BCUT2D eigenvalue weighted by Gasteiger charge is -2.12. The highest BCUT2D eigenvalue weighted by Crippen LogP contribution is 2.25. The van der Waals surface area contributed by atoms with Crippen molar-refractivity contribution in [3.63, 3.8) is 0 Å². The maximum atomic E-state index is 13.6. The summed E-state index contributed by atoms with van der Waals surface area (Å²) < 4.78 is 20.6. The van der Waals surface area contributed by atoms with Gasteiger partial charge in [0.2, 0.25) is 0 Å². The van der Waals surface area contributed by atoms with Crippen molar-refractivity contribution >= 4 is 22.9 Å². The molecule has 0 atom stereocenters. The Hall–Kier alpha value is -3.29. The molecule has 1 aromatic carbocycles. The van der Waals surface area contributed by atoms with Crippen molar-refractivity contribution in [2.75, 3.05) is 6.61 Å². The molecule has 0 aliphatic carbocycles. The Morgan fingerprint density at radius 1 is 1.19 bits per heavy atom. The van der Waals surface area contributed by atoms with E-state index in [4.69, 9.17) is 4.74 Å². The summed E-state index contributed by atoms with van der Waals surface area (Å²) in [6.07, 6.45) is 1.59. The van der Waals surface area contributed by atoms with Gasteiger partial charge in [0.15, 0.2) is 12.3 Å². The number of nitrogens with zero attached hydrogens (tertiary/aromatic N) is 3. The number of aryl methyl sites for hydroxylation is 1. The fraction of sp³-hybridized carbons (Fsp3) is 0.391. The number of pyridine rings is 1. The molecule has 0 saturated carbocycles. The number of nitrogens with one attached hydrogen (secondary N) is 1. The van der Waals surface area contributed by atoms with Crippen LogP contribution in [-0.2, 0) is 16.1 Å². The molecule has 1 N–H and O–H groups in total. The average Bonchev–Trinajstić information content (AvgIpc) is 3.16. The van der Waals surface area contributed by atoms with E-state index in [1.165, 1.54) is 6.07 Å². The molecule has 0 saturated heterocycles. The van der Waals surface area contributed by atoms with Crippen molar-refractivity contribution < 1.29 is 18.7 Å². The van der Waals surface area contributed by atoms with E-state index in [1.54, 1.807) is 36.0 Å². The molecule has 3 rings (SSSR count). The van der Waals surface area contributed by atoms with Gasteiger partial charge in [-0.1, -0.05) is 26.0 Å². The van der Waals surface area contributed by atoms with Crippen LogP contribution < -0.4 is 5.32 Å². The topological polar surface area (TPSA) is 86.1 Å². The molecule has 0 bridgehead atoms. The Morgan fingerprint density at radius 2 is 1.94 bits per heavy atom. The van der Waals surface area contributed by atoms with Crippen molar-refractivity contribution in [3.05, 3.63) is 58.7 Å². The van der Waals surface area contributed by atoms with E-state index in [0.29, 0.717) is 27.7 Å². The molecular formula is C23H27FN4O3. The third-order valence-electron chi connectivity index (χ3n) is 4.95. The lowest BCUT2D eigenvalue weighted by molar-refractivity contribution is -0.124. The highest BCUT2D eigenvalue weighted by Gasteiger charge is 2.20. The minimum absolute atomic E-state index is 0.0775. The SMILES string of the molecule is Cc1ccc(CNC(=O)COC(=O)c2cc(C(C)C)nc3c2cnn3C(C)C)cc1F. The Balaban J connectivity index is 1.71. The summed E-state index contributed by atoms with van der Waals surface area (Å²) in [4.78, 5) is 29.5. The molecular weight excluding hydrogens is 399 g/mol.